The van der Waals surface area contributed by atoms with E-state index in [0.717, 1.165) is 6.07 Å². The standard InChI is InChI=1S/C15H17N3O7S/c19-11-4-5-13(14(20)9-11)17-15(21)6-7-16-26(24,25)12-3-1-2-10(8-12)18(22)23/h1-3,8,13,16H,4-7,9H2,(H,17,21). The zero-order chi connectivity index (χ0) is 19.3. The van der Waals surface area contributed by atoms with E-state index in [1.165, 1.54) is 18.2 Å². The summed E-state index contributed by atoms with van der Waals surface area (Å²) in [7, 11) is -4.01. The number of rotatable bonds is 7. The largest absolute Gasteiger partial charge is 0.346 e. The molecule has 0 bridgehead atoms. The zero-order valence-electron chi connectivity index (χ0n) is 13.6. The van der Waals surface area contributed by atoms with E-state index < -0.39 is 26.9 Å². The molecule has 0 saturated heterocycles. The predicted octanol–water partition coefficient (Wildman–Crippen LogP) is 0.0701. The molecule has 1 fully saturated rings. The lowest BCUT2D eigenvalue weighted by molar-refractivity contribution is -0.385. The Bertz CT molecular complexity index is 851. The van der Waals surface area contributed by atoms with Gasteiger partial charge in [-0.1, -0.05) is 6.07 Å². The summed E-state index contributed by atoms with van der Waals surface area (Å²) in [6.45, 7) is -0.239. The minimum atomic E-state index is -4.01. The van der Waals surface area contributed by atoms with E-state index in [0.29, 0.717) is 0 Å². The summed E-state index contributed by atoms with van der Waals surface area (Å²) in [5.41, 5.74) is -0.365. The molecule has 1 aromatic carbocycles. The van der Waals surface area contributed by atoms with Crippen LogP contribution in [0.1, 0.15) is 25.7 Å². The molecule has 0 spiro atoms. The molecule has 2 N–H and O–H groups in total. The minimum absolute atomic E-state index is 0.162. The Labute approximate surface area is 149 Å². The first-order valence-corrected chi connectivity index (χ1v) is 9.25. The van der Waals surface area contributed by atoms with E-state index in [1.807, 2.05) is 0 Å². The van der Waals surface area contributed by atoms with Crippen LogP contribution in [0.25, 0.3) is 0 Å². The molecular weight excluding hydrogens is 366 g/mol. The van der Waals surface area contributed by atoms with Gasteiger partial charge in [-0.15, -0.1) is 0 Å². The second kappa shape index (κ2) is 8.15. The van der Waals surface area contributed by atoms with E-state index >= 15 is 0 Å². The molecule has 1 saturated carbocycles. The number of amides is 1. The van der Waals surface area contributed by atoms with Crippen LogP contribution >= 0.6 is 0 Å². The van der Waals surface area contributed by atoms with Gasteiger partial charge in [-0.25, -0.2) is 13.1 Å². The first-order valence-electron chi connectivity index (χ1n) is 7.77. The third kappa shape index (κ3) is 5.17. The monoisotopic (exact) mass is 383 g/mol. The maximum atomic E-state index is 12.1. The molecule has 1 atom stereocenters. The highest BCUT2D eigenvalue weighted by Gasteiger charge is 2.28. The smallest absolute Gasteiger partial charge is 0.270 e. The van der Waals surface area contributed by atoms with Gasteiger partial charge in [-0.3, -0.25) is 24.5 Å². The number of hydrogen-bond donors (Lipinski definition) is 2. The fourth-order valence-corrected chi connectivity index (χ4v) is 3.51. The number of non-ortho nitro benzene ring substituents is 1. The zero-order valence-corrected chi connectivity index (χ0v) is 14.5. The maximum Gasteiger partial charge on any atom is 0.270 e. The molecule has 2 rings (SSSR count). The number of carbonyl (C=O) groups excluding carboxylic acids is 3. The second-order valence-corrected chi connectivity index (χ2v) is 7.51. The lowest BCUT2D eigenvalue weighted by atomic mass is 9.93. The van der Waals surface area contributed by atoms with Crippen molar-refractivity contribution in [2.45, 2.75) is 36.6 Å². The van der Waals surface area contributed by atoms with E-state index in [9.17, 15) is 32.9 Å². The number of hydrogen-bond acceptors (Lipinski definition) is 7. The first kappa shape index (κ1) is 19.7. The van der Waals surface area contributed by atoms with Crippen molar-refractivity contribution in [1.82, 2.24) is 10.0 Å². The van der Waals surface area contributed by atoms with E-state index in [4.69, 9.17) is 0 Å². The summed E-state index contributed by atoms with van der Waals surface area (Å²) in [5.74, 6) is -1.04. The Morgan fingerprint density at radius 2 is 2.04 bits per heavy atom. The van der Waals surface area contributed by atoms with Crippen molar-refractivity contribution in [2.75, 3.05) is 6.54 Å². The van der Waals surface area contributed by atoms with Gasteiger partial charge in [0.1, 0.15) is 5.78 Å². The normalized spacial score (nSPS) is 17.8. The second-order valence-electron chi connectivity index (χ2n) is 5.74. The molecule has 1 amide bonds. The van der Waals surface area contributed by atoms with E-state index in [-0.39, 0.29) is 54.4 Å². The molecule has 0 aromatic heterocycles. The van der Waals surface area contributed by atoms with Crippen LogP contribution in [0, 0.1) is 10.1 Å². The van der Waals surface area contributed by atoms with Gasteiger partial charge in [0.25, 0.3) is 5.69 Å². The number of nitrogens with one attached hydrogen (secondary N) is 2. The number of nitro groups is 1. The van der Waals surface area contributed by atoms with Crippen LogP contribution in [-0.2, 0) is 24.4 Å². The third-order valence-electron chi connectivity index (χ3n) is 3.79. The number of nitro benzene ring substituents is 1. The molecule has 0 radical (unpaired) electrons. The lowest BCUT2D eigenvalue weighted by Gasteiger charge is -2.21. The fourth-order valence-electron chi connectivity index (χ4n) is 2.44. The van der Waals surface area contributed by atoms with Crippen LogP contribution in [0.15, 0.2) is 29.2 Å². The Balaban J connectivity index is 1.87. The Hall–Kier alpha value is -2.66. The van der Waals surface area contributed by atoms with Crippen molar-refractivity contribution in [3.8, 4) is 0 Å². The van der Waals surface area contributed by atoms with Crippen LogP contribution in [0.5, 0.6) is 0 Å². The minimum Gasteiger partial charge on any atom is -0.346 e. The summed E-state index contributed by atoms with van der Waals surface area (Å²) in [4.78, 5) is 44.3. The average molecular weight is 383 g/mol. The van der Waals surface area contributed by atoms with Crippen LogP contribution < -0.4 is 10.0 Å². The molecule has 140 valence electrons. The average Bonchev–Trinajstić information content (AvgIpc) is 2.57. The SMILES string of the molecule is O=C1CCC(NC(=O)CCNS(=O)(=O)c2cccc([N+](=O)[O-])c2)C(=O)C1. The molecule has 1 aromatic rings. The Morgan fingerprint density at radius 3 is 2.69 bits per heavy atom. The summed E-state index contributed by atoms with van der Waals surface area (Å²) < 4.78 is 26.4. The van der Waals surface area contributed by atoms with Crippen molar-refractivity contribution < 1.29 is 27.7 Å². The van der Waals surface area contributed by atoms with Gasteiger partial charge in [-0.05, 0) is 12.5 Å². The summed E-state index contributed by atoms with van der Waals surface area (Å²) in [6, 6.07) is 3.80. The summed E-state index contributed by atoms with van der Waals surface area (Å²) >= 11 is 0. The van der Waals surface area contributed by atoms with Gasteiger partial charge in [0.15, 0.2) is 5.78 Å². The van der Waals surface area contributed by atoms with Gasteiger partial charge in [-0.2, -0.15) is 0 Å². The van der Waals surface area contributed by atoms with Crippen LogP contribution in [0.2, 0.25) is 0 Å². The quantitative estimate of drug-likeness (QED) is 0.384. The first-order chi connectivity index (χ1) is 12.2. The predicted molar refractivity (Wildman–Crippen MR) is 88.7 cm³/mol. The maximum absolute atomic E-state index is 12.1. The molecule has 1 unspecified atom stereocenters. The number of nitrogens with zero attached hydrogens (tertiary/aromatic N) is 1. The highest BCUT2D eigenvalue weighted by Crippen LogP contribution is 2.17. The number of benzene rings is 1. The van der Waals surface area contributed by atoms with Crippen molar-refractivity contribution in [3.63, 3.8) is 0 Å². The number of carbonyl (C=O) groups is 3. The molecule has 0 heterocycles. The van der Waals surface area contributed by atoms with E-state index in [1.54, 1.807) is 0 Å². The van der Waals surface area contributed by atoms with Gasteiger partial charge < -0.3 is 5.32 Å². The molecule has 1 aliphatic rings. The van der Waals surface area contributed by atoms with Gasteiger partial charge in [0, 0.05) is 31.5 Å². The van der Waals surface area contributed by atoms with Gasteiger partial charge in [0.2, 0.25) is 15.9 Å². The van der Waals surface area contributed by atoms with Crippen LogP contribution in [0.3, 0.4) is 0 Å². The molecule has 1 aliphatic carbocycles. The van der Waals surface area contributed by atoms with Crippen molar-refractivity contribution in [3.05, 3.63) is 34.4 Å². The van der Waals surface area contributed by atoms with E-state index in [2.05, 4.69) is 10.0 Å². The van der Waals surface area contributed by atoms with Crippen LogP contribution in [-0.4, -0.2) is 43.4 Å². The molecule has 26 heavy (non-hydrogen) atoms. The topological polar surface area (TPSA) is 153 Å². The van der Waals surface area contributed by atoms with Gasteiger partial charge >= 0.3 is 0 Å². The van der Waals surface area contributed by atoms with Crippen molar-refractivity contribution in [1.29, 1.82) is 0 Å². The van der Waals surface area contributed by atoms with Crippen molar-refractivity contribution >= 4 is 33.2 Å². The Kier molecular flexibility index (Phi) is 6.16. The number of ketones is 2. The summed E-state index contributed by atoms with van der Waals surface area (Å²) in [6.07, 6.45) is 0.0369. The van der Waals surface area contributed by atoms with Crippen LogP contribution in [0.4, 0.5) is 5.69 Å². The number of Topliss-reactive ketones (excluding diaryl/α,β-unsaturated/α-hetero) is 2. The fraction of sp³-hybridized carbons (Fsp3) is 0.400. The molecule has 0 aliphatic heterocycles. The lowest BCUT2D eigenvalue weighted by Crippen LogP contribution is -2.45. The number of sulfonamides is 1. The molecule has 10 nitrogen and oxygen atoms in total. The summed E-state index contributed by atoms with van der Waals surface area (Å²) in [5, 5.41) is 13.2. The Morgan fingerprint density at radius 1 is 1.31 bits per heavy atom. The molecular formula is C15H17N3O7S. The third-order valence-corrected chi connectivity index (χ3v) is 5.25. The van der Waals surface area contributed by atoms with Gasteiger partial charge in [0.05, 0.1) is 22.3 Å². The van der Waals surface area contributed by atoms with Crippen molar-refractivity contribution in [2.24, 2.45) is 0 Å². The highest BCUT2D eigenvalue weighted by molar-refractivity contribution is 7.89. The highest BCUT2D eigenvalue weighted by atomic mass is 32.2. The molecule has 11 heteroatoms.